The van der Waals surface area contributed by atoms with Gasteiger partial charge in [0.25, 0.3) is 0 Å². The van der Waals surface area contributed by atoms with Gasteiger partial charge in [-0.1, -0.05) is 18.2 Å². The van der Waals surface area contributed by atoms with E-state index in [9.17, 15) is 9.59 Å². The van der Waals surface area contributed by atoms with Crippen molar-refractivity contribution in [3.63, 3.8) is 0 Å². The van der Waals surface area contributed by atoms with E-state index in [0.29, 0.717) is 23.8 Å². The molecule has 0 atom stereocenters. The predicted octanol–water partition coefficient (Wildman–Crippen LogP) is 3.63. The van der Waals surface area contributed by atoms with Crippen LogP contribution < -0.4 is 16.0 Å². The van der Waals surface area contributed by atoms with E-state index < -0.39 is 0 Å². The maximum absolute atomic E-state index is 12.3. The van der Waals surface area contributed by atoms with Crippen LogP contribution in [-0.4, -0.2) is 23.0 Å². The number of aromatic amines is 1. The van der Waals surface area contributed by atoms with Gasteiger partial charge < -0.3 is 20.9 Å². The SMILES string of the molecule is O=C(Cc1c[nH]c2ccccc12)Nc1ccc(NC(=O)NC2CC2)cc1. The van der Waals surface area contributed by atoms with Gasteiger partial charge >= 0.3 is 6.03 Å². The lowest BCUT2D eigenvalue weighted by Crippen LogP contribution is -2.30. The molecule has 0 radical (unpaired) electrons. The average Bonchev–Trinajstić information content (AvgIpc) is 3.35. The van der Waals surface area contributed by atoms with E-state index in [-0.39, 0.29) is 11.9 Å². The van der Waals surface area contributed by atoms with Gasteiger partial charge in [-0.3, -0.25) is 4.79 Å². The molecular formula is C20H20N4O2. The zero-order chi connectivity index (χ0) is 17.9. The van der Waals surface area contributed by atoms with Gasteiger partial charge in [0.2, 0.25) is 5.91 Å². The van der Waals surface area contributed by atoms with Crippen LogP contribution in [0.5, 0.6) is 0 Å². The summed E-state index contributed by atoms with van der Waals surface area (Å²) in [6, 6.07) is 15.1. The Morgan fingerprint density at radius 1 is 0.962 bits per heavy atom. The molecule has 1 aromatic heterocycles. The number of H-pyrrole nitrogens is 1. The van der Waals surface area contributed by atoms with Crippen molar-refractivity contribution in [2.75, 3.05) is 10.6 Å². The van der Waals surface area contributed by atoms with Gasteiger partial charge in [-0.15, -0.1) is 0 Å². The van der Waals surface area contributed by atoms with Crippen LogP contribution in [0.25, 0.3) is 10.9 Å². The fraction of sp³-hybridized carbons (Fsp3) is 0.200. The lowest BCUT2D eigenvalue weighted by atomic mass is 10.1. The number of nitrogens with one attached hydrogen (secondary N) is 4. The Morgan fingerprint density at radius 2 is 1.65 bits per heavy atom. The molecule has 0 bridgehead atoms. The Labute approximate surface area is 151 Å². The molecular weight excluding hydrogens is 328 g/mol. The lowest BCUT2D eigenvalue weighted by Gasteiger charge is -2.08. The first-order valence-electron chi connectivity index (χ1n) is 8.70. The first kappa shape index (κ1) is 16.2. The number of anilines is 2. The Balaban J connectivity index is 1.34. The summed E-state index contributed by atoms with van der Waals surface area (Å²) < 4.78 is 0. The minimum atomic E-state index is -0.191. The molecule has 1 saturated carbocycles. The minimum Gasteiger partial charge on any atom is -0.361 e. The molecule has 4 rings (SSSR count). The van der Waals surface area contributed by atoms with E-state index >= 15 is 0 Å². The van der Waals surface area contributed by atoms with Crippen molar-refractivity contribution in [2.24, 2.45) is 0 Å². The van der Waals surface area contributed by atoms with Crippen LogP contribution >= 0.6 is 0 Å². The summed E-state index contributed by atoms with van der Waals surface area (Å²) in [6.45, 7) is 0. The number of benzene rings is 2. The summed E-state index contributed by atoms with van der Waals surface area (Å²) in [5.74, 6) is -0.0815. The second-order valence-electron chi connectivity index (χ2n) is 6.53. The van der Waals surface area contributed by atoms with Crippen molar-refractivity contribution in [3.8, 4) is 0 Å². The molecule has 1 aliphatic carbocycles. The number of urea groups is 1. The predicted molar refractivity (Wildman–Crippen MR) is 102 cm³/mol. The van der Waals surface area contributed by atoms with E-state index in [2.05, 4.69) is 20.9 Å². The van der Waals surface area contributed by atoms with Crippen molar-refractivity contribution >= 4 is 34.2 Å². The molecule has 1 aliphatic rings. The van der Waals surface area contributed by atoms with E-state index in [1.165, 1.54) is 0 Å². The average molecular weight is 348 g/mol. The molecule has 132 valence electrons. The van der Waals surface area contributed by atoms with Crippen LogP contribution in [0.2, 0.25) is 0 Å². The van der Waals surface area contributed by atoms with E-state index in [0.717, 1.165) is 29.3 Å². The molecule has 4 N–H and O–H groups in total. The van der Waals surface area contributed by atoms with Crippen LogP contribution in [0.3, 0.4) is 0 Å². The Morgan fingerprint density at radius 3 is 2.38 bits per heavy atom. The molecule has 3 amide bonds. The lowest BCUT2D eigenvalue weighted by molar-refractivity contribution is -0.115. The van der Waals surface area contributed by atoms with Crippen LogP contribution in [0.4, 0.5) is 16.2 Å². The molecule has 0 spiro atoms. The van der Waals surface area contributed by atoms with Crippen molar-refractivity contribution in [1.29, 1.82) is 0 Å². The highest BCUT2D eigenvalue weighted by Gasteiger charge is 2.23. The molecule has 1 heterocycles. The van der Waals surface area contributed by atoms with Crippen LogP contribution in [0.1, 0.15) is 18.4 Å². The van der Waals surface area contributed by atoms with Crippen molar-refractivity contribution in [2.45, 2.75) is 25.3 Å². The molecule has 1 fully saturated rings. The monoisotopic (exact) mass is 348 g/mol. The summed E-state index contributed by atoms with van der Waals surface area (Å²) in [5, 5.41) is 9.59. The summed E-state index contributed by atoms with van der Waals surface area (Å²) in [6.07, 6.45) is 4.27. The molecule has 3 aromatic rings. The third-order valence-corrected chi connectivity index (χ3v) is 4.37. The minimum absolute atomic E-state index is 0.0815. The first-order valence-corrected chi connectivity index (χ1v) is 8.70. The van der Waals surface area contributed by atoms with Crippen LogP contribution in [-0.2, 0) is 11.2 Å². The summed E-state index contributed by atoms with van der Waals surface area (Å²) in [4.78, 5) is 27.2. The third kappa shape index (κ3) is 3.85. The highest BCUT2D eigenvalue weighted by Crippen LogP contribution is 2.20. The number of fused-ring (bicyclic) bond motifs is 1. The summed E-state index contributed by atoms with van der Waals surface area (Å²) in [7, 11) is 0. The fourth-order valence-electron chi connectivity index (χ4n) is 2.87. The Bertz CT molecular complexity index is 942. The normalized spacial score (nSPS) is 13.4. The van der Waals surface area contributed by atoms with Gasteiger partial charge in [0.05, 0.1) is 6.42 Å². The number of aromatic nitrogens is 1. The van der Waals surface area contributed by atoms with Gasteiger partial charge in [0.15, 0.2) is 0 Å². The second kappa shape index (κ2) is 6.92. The van der Waals surface area contributed by atoms with Gasteiger partial charge in [0.1, 0.15) is 0 Å². The zero-order valence-corrected chi connectivity index (χ0v) is 14.2. The zero-order valence-electron chi connectivity index (χ0n) is 14.2. The van der Waals surface area contributed by atoms with E-state index in [1.807, 2.05) is 30.5 Å². The fourth-order valence-corrected chi connectivity index (χ4v) is 2.87. The number of hydrogen-bond donors (Lipinski definition) is 4. The van der Waals surface area contributed by atoms with Crippen molar-refractivity contribution in [3.05, 3.63) is 60.3 Å². The molecule has 0 aliphatic heterocycles. The molecule has 26 heavy (non-hydrogen) atoms. The number of para-hydroxylation sites is 1. The largest absolute Gasteiger partial charge is 0.361 e. The number of rotatable bonds is 5. The molecule has 2 aromatic carbocycles. The molecule has 0 unspecified atom stereocenters. The number of amides is 3. The molecule has 6 nitrogen and oxygen atoms in total. The van der Waals surface area contributed by atoms with Gasteiger partial charge in [-0.2, -0.15) is 0 Å². The quantitative estimate of drug-likeness (QED) is 0.567. The van der Waals surface area contributed by atoms with Crippen LogP contribution in [0, 0.1) is 0 Å². The summed E-state index contributed by atoms with van der Waals surface area (Å²) >= 11 is 0. The van der Waals surface area contributed by atoms with Crippen molar-refractivity contribution < 1.29 is 9.59 Å². The maximum atomic E-state index is 12.3. The maximum Gasteiger partial charge on any atom is 0.319 e. The van der Waals surface area contributed by atoms with Crippen molar-refractivity contribution in [1.82, 2.24) is 10.3 Å². The Hall–Kier alpha value is -3.28. The topological polar surface area (TPSA) is 86.0 Å². The van der Waals surface area contributed by atoms with Crippen LogP contribution in [0.15, 0.2) is 54.7 Å². The molecule has 6 heteroatoms. The number of hydrogen-bond acceptors (Lipinski definition) is 2. The Kier molecular flexibility index (Phi) is 4.31. The number of carbonyl (C=O) groups excluding carboxylic acids is 2. The third-order valence-electron chi connectivity index (χ3n) is 4.37. The van der Waals surface area contributed by atoms with Gasteiger partial charge in [0, 0.05) is 34.5 Å². The number of carbonyl (C=O) groups is 2. The second-order valence-corrected chi connectivity index (χ2v) is 6.53. The van der Waals surface area contributed by atoms with Gasteiger partial charge in [-0.05, 0) is 48.7 Å². The van der Waals surface area contributed by atoms with E-state index in [4.69, 9.17) is 0 Å². The summed E-state index contributed by atoms with van der Waals surface area (Å²) in [5.41, 5.74) is 3.38. The van der Waals surface area contributed by atoms with Gasteiger partial charge in [-0.25, -0.2) is 4.79 Å². The van der Waals surface area contributed by atoms with E-state index in [1.54, 1.807) is 24.3 Å². The first-order chi connectivity index (χ1) is 12.7. The highest BCUT2D eigenvalue weighted by atomic mass is 16.2. The standard InChI is InChI=1S/C20H20N4O2/c25-19(11-13-12-21-18-4-2-1-3-17(13)18)22-14-5-7-15(8-6-14)23-20(26)24-16-9-10-16/h1-8,12,16,21H,9-11H2,(H,22,25)(H2,23,24,26). The highest BCUT2D eigenvalue weighted by molar-refractivity contribution is 5.96. The molecule has 0 saturated heterocycles. The smallest absolute Gasteiger partial charge is 0.319 e.